The number of nitrogens with zero attached hydrogens (tertiary/aromatic N) is 2. The first-order chi connectivity index (χ1) is 13.4. The number of guanidine groups is 1. The van der Waals surface area contributed by atoms with Gasteiger partial charge in [-0.1, -0.05) is 24.3 Å². The maximum atomic E-state index is 11.9. The average Bonchev–Trinajstić information content (AvgIpc) is 2.68. The van der Waals surface area contributed by atoms with Crippen molar-refractivity contribution in [2.24, 2.45) is 4.99 Å². The van der Waals surface area contributed by atoms with E-state index in [1.807, 2.05) is 62.4 Å². The minimum atomic E-state index is 0.00167. The van der Waals surface area contributed by atoms with Crippen molar-refractivity contribution < 1.29 is 9.53 Å². The highest BCUT2D eigenvalue weighted by molar-refractivity contribution is 5.93. The lowest BCUT2D eigenvalue weighted by Crippen LogP contribution is -2.36. The fourth-order valence-corrected chi connectivity index (χ4v) is 2.57. The van der Waals surface area contributed by atoms with Crippen molar-refractivity contribution in [2.45, 2.75) is 33.0 Å². The Morgan fingerprint density at radius 1 is 0.964 bits per heavy atom. The third-order valence-electron chi connectivity index (χ3n) is 4.05. The van der Waals surface area contributed by atoms with Gasteiger partial charge in [-0.3, -0.25) is 9.79 Å². The molecule has 0 atom stereocenters. The molecule has 2 aromatic rings. The molecule has 0 saturated carbocycles. The van der Waals surface area contributed by atoms with Gasteiger partial charge in [0, 0.05) is 39.8 Å². The Labute approximate surface area is 167 Å². The van der Waals surface area contributed by atoms with E-state index in [4.69, 9.17) is 4.74 Å². The van der Waals surface area contributed by atoms with Crippen LogP contribution in [0, 0.1) is 0 Å². The quantitative estimate of drug-likeness (QED) is 0.571. The molecule has 0 saturated heterocycles. The second-order valence-electron chi connectivity index (χ2n) is 6.99. The van der Waals surface area contributed by atoms with Gasteiger partial charge in [0.1, 0.15) is 5.75 Å². The summed E-state index contributed by atoms with van der Waals surface area (Å²) in [4.78, 5) is 17.8. The number of carbonyl (C=O) groups is 1. The zero-order chi connectivity index (χ0) is 20.5. The number of hydrogen-bond donors (Lipinski definition) is 2. The number of rotatable bonds is 7. The second kappa shape index (κ2) is 10.3. The van der Waals surface area contributed by atoms with Crippen LogP contribution in [0.25, 0.3) is 0 Å². The van der Waals surface area contributed by atoms with Crippen molar-refractivity contribution in [1.29, 1.82) is 0 Å². The number of hydrogen-bond acceptors (Lipinski definition) is 3. The molecule has 6 nitrogen and oxygen atoms in total. The lowest BCUT2D eigenvalue weighted by atomic mass is 10.1. The van der Waals surface area contributed by atoms with Gasteiger partial charge in [-0.15, -0.1) is 0 Å². The molecule has 0 unspecified atom stereocenters. The topological polar surface area (TPSA) is 66.0 Å². The summed E-state index contributed by atoms with van der Waals surface area (Å²) in [7, 11) is 5.24. The van der Waals surface area contributed by atoms with Crippen molar-refractivity contribution in [2.75, 3.05) is 21.1 Å². The molecule has 1 amide bonds. The Bertz CT molecular complexity index is 781. The zero-order valence-electron chi connectivity index (χ0n) is 17.3. The first-order valence-electron chi connectivity index (χ1n) is 9.39. The van der Waals surface area contributed by atoms with E-state index in [1.165, 1.54) is 0 Å². The molecule has 0 aromatic heterocycles. The molecular formula is C22H30N4O2. The third kappa shape index (κ3) is 6.61. The van der Waals surface area contributed by atoms with E-state index in [-0.39, 0.29) is 12.0 Å². The van der Waals surface area contributed by atoms with E-state index in [0.717, 1.165) is 22.8 Å². The highest BCUT2D eigenvalue weighted by atomic mass is 16.5. The minimum absolute atomic E-state index is 0.00167. The number of amides is 1. The van der Waals surface area contributed by atoms with E-state index in [2.05, 4.69) is 15.6 Å². The van der Waals surface area contributed by atoms with Crippen LogP contribution in [-0.2, 0) is 13.1 Å². The number of aliphatic imine (C=N–C) groups is 1. The molecule has 0 aliphatic carbocycles. The first-order valence-corrected chi connectivity index (χ1v) is 9.39. The van der Waals surface area contributed by atoms with E-state index in [1.54, 1.807) is 26.0 Å². The zero-order valence-corrected chi connectivity index (χ0v) is 17.3. The van der Waals surface area contributed by atoms with Crippen molar-refractivity contribution in [1.82, 2.24) is 15.5 Å². The molecule has 0 fully saturated rings. The van der Waals surface area contributed by atoms with Gasteiger partial charge in [0.25, 0.3) is 5.91 Å². The van der Waals surface area contributed by atoms with Crippen molar-refractivity contribution in [3.63, 3.8) is 0 Å². The van der Waals surface area contributed by atoms with Gasteiger partial charge in [-0.2, -0.15) is 0 Å². The molecule has 0 aliphatic heterocycles. The highest BCUT2D eigenvalue weighted by Crippen LogP contribution is 2.13. The van der Waals surface area contributed by atoms with Crippen LogP contribution in [0.15, 0.2) is 53.5 Å². The van der Waals surface area contributed by atoms with Crippen LogP contribution in [0.5, 0.6) is 5.75 Å². The Morgan fingerprint density at radius 2 is 1.46 bits per heavy atom. The van der Waals surface area contributed by atoms with E-state index >= 15 is 0 Å². The molecule has 6 heteroatoms. The SMILES string of the molecule is CN=C(NCc1ccc(OC(C)C)cc1)NCc1ccc(C(=O)N(C)C)cc1. The predicted molar refractivity (Wildman–Crippen MR) is 114 cm³/mol. The molecule has 2 N–H and O–H groups in total. The Kier molecular flexibility index (Phi) is 7.87. The van der Waals surface area contributed by atoms with E-state index in [9.17, 15) is 4.79 Å². The summed E-state index contributed by atoms with van der Waals surface area (Å²) in [5, 5.41) is 6.58. The Balaban J connectivity index is 1.83. The average molecular weight is 383 g/mol. The lowest BCUT2D eigenvalue weighted by molar-refractivity contribution is 0.0827. The molecular weight excluding hydrogens is 352 g/mol. The Hall–Kier alpha value is -3.02. The van der Waals surface area contributed by atoms with Crippen LogP contribution in [0.1, 0.15) is 35.3 Å². The molecule has 150 valence electrons. The van der Waals surface area contributed by atoms with Crippen LogP contribution < -0.4 is 15.4 Å². The van der Waals surface area contributed by atoms with Crippen molar-refractivity contribution in [3.8, 4) is 5.75 Å². The predicted octanol–water partition coefficient (Wildman–Crippen LogP) is 3.04. The monoisotopic (exact) mass is 382 g/mol. The van der Waals surface area contributed by atoms with E-state index < -0.39 is 0 Å². The summed E-state index contributed by atoms with van der Waals surface area (Å²) in [6.45, 7) is 5.31. The summed E-state index contributed by atoms with van der Waals surface area (Å²) in [6.07, 6.45) is 0.169. The highest BCUT2D eigenvalue weighted by Gasteiger charge is 2.07. The largest absolute Gasteiger partial charge is 0.491 e. The second-order valence-corrected chi connectivity index (χ2v) is 6.99. The molecule has 0 radical (unpaired) electrons. The van der Waals surface area contributed by atoms with Crippen LogP contribution >= 0.6 is 0 Å². The minimum Gasteiger partial charge on any atom is -0.491 e. The number of ether oxygens (including phenoxy) is 1. The summed E-state index contributed by atoms with van der Waals surface area (Å²) in [5.74, 6) is 1.59. The van der Waals surface area contributed by atoms with Crippen LogP contribution in [0.2, 0.25) is 0 Å². The van der Waals surface area contributed by atoms with Gasteiger partial charge in [-0.25, -0.2) is 0 Å². The van der Waals surface area contributed by atoms with Gasteiger partial charge >= 0.3 is 0 Å². The van der Waals surface area contributed by atoms with Crippen molar-refractivity contribution >= 4 is 11.9 Å². The molecule has 0 spiro atoms. The summed E-state index contributed by atoms with van der Waals surface area (Å²) in [6, 6.07) is 15.6. The Morgan fingerprint density at radius 3 is 1.89 bits per heavy atom. The maximum absolute atomic E-state index is 11.9. The molecule has 0 heterocycles. The van der Waals surface area contributed by atoms with Crippen LogP contribution in [0.4, 0.5) is 0 Å². The number of carbonyl (C=O) groups excluding carboxylic acids is 1. The molecule has 2 rings (SSSR count). The van der Waals surface area contributed by atoms with Crippen molar-refractivity contribution in [3.05, 3.63) is 65.2 Å². The first kappa shape index (κ1) is 21.3. The van der Waals surface area contributed by atoms with Gasteiger partial charge in [0.15, 0.2) is 5.96 Å². The molecule has 0 bridgehead atoms. The molecule has 0 aliphatic rings. The third-order valence-corrected chi connectivity index (χ3v) is 4.05. The summed E-state index contributed by atoms with van der Waals surface area (Å²) in [5.41, 5.74) is 2.90. The fraction of sp³-hybridized carbons (Fsp3) is 0.364. The maximum Gasteiger partial charge on any atom is 0.253 e. The molecule has 28 heavy (non-hydrogen) atoms. The van der Waals surface area contributed by atoms with Gasteiger partial charge in [0.2, 0.25) is 0 Å². The molecule has 2 aromatic carbocycles. The smallest absolute Gasteiger partial charge is 0.253 e. The van der Waals surface area contributed by atoms with Crippen LogP contribution in [-0.4, -0.2) is 44.0 Å². The van der Waals surface area contributed by atoms with Gasteiger partial charge in [-0.05, 0) is 49.2 Å². The number of benzene rings is 2. The fourth-order valence-electron chi connectivity index (χ4n) is 2.57. The van der Waals surface area contributed by atoms with Crippen LogP contribution in [0.3, 0.4) is 0 Å². The standard InChI is InChI=1S/C22H30N4O2/c1-16(2)28-20-12-8-18(9-13-20)15-25-22(23-3)24-14-17-6-10-19(11-7-17)21(27)26(4)5/h6-13,16H,14-15H2,1-5H3,(H2,23,24,25). The summed E-state index contributed by atoms with van der Waals surface area (Å²) < 4.78 is 5.66. The van der Waals surface area contributed by atoms with Gasteiger partial charge in [0.05, 0.1) is 6.10 Å². The summed E-state index contributed by atoms with van der Waals surface area (Å²) >= 11 is 0. The van der Waals surface area contributed by atoms with E-state index in [0.29, 0.717) is 18.7 Å². The lowest BCUT2D eigenvalue weighted by Gasteiger charge is -2.14. The number of nitrogens with one attached hydrogen (secondary N) is 2. The van der Waals surface area contributed by atoms with Gasteiger partial charge < -0.3 is 20.3 Å². The normalized spacial score (nSPS) is 11.3.